The molecule has 1 aliphatic carbocycles. The van der Waals surface area contributed by atoms with E-state index in [-0.39, 0.29) is 72.0 Å². The molecule has 12 N–H and O–H groups in total. The average molecular weight is 1520 g/mol. The number of carbonyl (C=O) groups is 6. The van der Waals surface area contributed by atoms with Crippen molar-refractivity contribution in [3.8, 4) is 0 Å². The Hall–Kier alpha value is -9.78. The van der Waals surface area contributed by atoms with E-state index in [2.05, 4.69) is 42.4 Å². The van der Waals surface area contributed by atoms with Crippen molar-refractivity contribution >= 4 is 36.4 Å². The van der Waals surface area contributed by atoms with Gasteiger partial charge in [0.15, 0.2) is 18.9 Å². The minimum Gasteiger partial charge on any atom is -0.445 e. The highest BCUT2D eigenvalue weighted by Crippen LogP contribution is 2.37. The summed E-state index contributed by atoms with van der Waals surface area (Å²) in [4.78, 5) is 95.1. The molecule has 0 radical (unpaired) electrons. The molecular formula is C77H94N8O24. The smallest absolute Gasteiger partial charge is 0.407 e. The highest BCUT2D eigenvalue weighted by Gasteiger charge is 2.57. The number of amides is 6. The van der Waals surface area contributed by atoms with Gasteiger partial charge in [0.25, 0.3) is 0 Å². The van der Waals surface area contributed by atoms with Gasteiger partial charge in [-0.25, -0.2) is 24.0 Å². The van der Waals surface area contributed by atoms with Gasteiger partial charge < -0.3 is 120 Å². The lowest BCUT2D eigenvalue weighted by molar-refractivity contribution is -0.297. The third-order valence-electron chi connectivity index (χ3n) is 18.5. The molecule has 0 bridgehead atoms. The van der Waals surface area contributed by atoms with E-state index >= 15 is 0 Å². The summed E-state index contributed by atoms with van der Waals surface area (Å²) in [7, 11) is 0. The molecule has 3 heterocycles. The van der Waals surface area contributed by atoms with Gasteiger partial charge in [-0.15, -0.1) is 0 Å². The fraction of sp³-hybridized carbons (Fsp3) is 0.455. The van der Waals surface area contributed by atoms with Crippen LogP contribution in [0.2, 0.25) is 0 Å². The molecule has 0 unspecified atom stereocenters. The van der Waals surface area contributed by atoms with Crippen molar-refractivity contribution in [1.82, 2.24) is 37.2 Å². The minimum atomic E-state index is -1.97. The van der Waals surface area contributed by atoms with E-state index in [9.17, 15) is 59.2 Å². The van der Waals surface area contributed by atoms with Crippen LogP contribution in [0.25, 0.3) is 0 Å². The van der Waals surface area contributed by atoms with Crippen molar-refractivity contribution in [2.24, 2.45) is 5.18 Å². The van der Waals surface area contributed by atoms with Gasteiger partial charge in [0.05, 0.1) is 37.4 Å². The Balaban J connectivity index is 0.983. The molecular weight excluding hydrogens is 1420 g/mol. The number of benzene rings is 6. The van der Waals surface area contributed by atoms with Crippen LogP contribution in [0.5, 0.6) is 0 Å². The molecule has 4 aliphatic rings. The summed E-state index contributed by atoms with van der Waals surface area (Å²) in [6.07, 6.45) is -28.4. The van der Waals surface area contributed by atoms with Crippen LogP contribution in [-0.4, -0.2) is 218 Å². The third-order valence-corrected chi connectivity index (χ3v) is 18.5. The maximum Gasteiger partial charge on any atom is 0.407 e. The number of nitrogens with zero attached hydrogens (tertiary/aromatic N) is 1. The van der Waals surface area contributed by atoms with Crippen molar-refractivity contribution in [2.75, 3.05) is 45.9 Å². The molecule has 109 heavy (non-hydrogen) atoms. The number of nitroso groups, excluding NO2 is 1. The van der Waals surface area contributed by atoms with Gasteiger partial charge in [-0.05, 0) is 72.0 Å². The summed E-state index contributed by atoms with van der Waals surface area (Å²) in [6, 6.07) is 47.7. The first kappa shape index (κ1) is 81.7. The van der Waals surface area contributed by atoms with Crippen LogP contribution < -0.4 is 37.2 Å². The van der Waals surface area contributed by atoms with E-state index in [1.165, 1.54) is 0 Å². The van der Waals surface area contributed by atoms with Crippen LogP contribution >= 0.6 is 0 Å². The van der Waals surface area contributed by atoms with Crippen LogP contribution in [-0.2, 0) is 101 Å². The lowest BCUT2D eigenvalue weighted by Gasteiger charge is -2.48. The zero-order valence-electron chi connectivity index (χ0n) is 59.7. The molecule has 0 aromatic heterocycles. The second-order valence-corrected chi connectivity index (χ2v) is 26.3. The summed E-state index contributed by atoms with van der Waals surface area (Å²) >= 11 is 0. The highest BCUT2D eigenvalue weighted by atomic mass is 16.8. The summed E-state index contributed by atoms with van der Waals surface area (Å²) in [5.74, 6) is -1.06. The van der Waals surface area contributed by atoms with Gasteiger partial charge in [0.2, 0.25) is 5.91 Å². The maximum atomic E-state index is 14.4. The molecule has 0 spiro atoms. The number of carbonyl (C=O) groups excluding carboxylic acids is 6. The first-order chi connectivity index (χ1) is 53.1. The normalized spacial score (nSPS) is 26.1. The summed E-state index contributed by atoms with van der Waals surface area (Å²) in [5, 5.41) is 81.4. The Labute approximate surface area is 629 Å². The number of nitrogens with one attached hydrogen (secondary N) is 7. The number of hydrogen-bond donors (Lipinski definition) is 12. The summed E-state index contributed by atoms with van der Waals surface area (Å²) < 4.78 is 74.5. The lowest BCUT2D eigenvalue weighted by atomic mass is 9.83. The number of aliphatic hydroxyl groups excluding tert-OH is 5. The molecule has 6 aromatic rings. The Morgan fingerprint density at radius 2 is 0.917 bits per heavy atom. The molecule has 586 valence electrons. The number of rotatable bonds is 36. The lowest BCUT2D eigenvalue weighted by Crippen LogP contribution is -2.68. The molecule has 6 amide bonds. The first-order valence-electron chi connectivity index (χ1n) is 36.1. The highest BCUT2D eigenvalue weighted by molar-refractivity contribution is 5.81. The molecule has 6 aromatic carbocycles. The number of alkyl carbamates (subject to hydrolysis) is 5. The third kappa shape index (κ3) is 25.4. The predicted molar refractivity (Wildman–Crippen MR) is 385 cm³/mol. The van der Waals surface area contributed by atoms with Crippen LogP contribution in [0.3, 0.4) is 0 Å². The molecule has 32 nitrogen and oxygen atoms in total. The molecule has 10 rings (SSSR count). The zero-order valence-corrected chi connectivity index (χ0v) is 59.7. The number of hydrogen-bond acceptors (Lipinski definition) is 26. The minimum absolute atomic E-state index is 0.0651. The van der Waals surface area contributed by atoms with E-state index in [0.29, 0.717) is 40.8 Å². The molecule has 3 aliphatic heterocycles. The maximum absolute atomic E-state index is 14.4. The van der Waals surface area contributed by atoms with E-state index in [1.807, 2.05) is 30.3 Å². The van der Waals surface area contributed by atoms with E-state index in [4.69, 9.17) is 56.8 Å². The van der Waals surface area contributed by atoms with Crippen molar-refractivity contribution in [2.45, 2.75) is 175 Å². The van der Waals surface area contributed by atoms with Crippen molar-refractivity contribution in [3.05, 3.63) is 220 Å². The van der Waals surface area contributed by atoms with Gasteiger partial charge in [-0.3, -0.25) is 4.79 Å². The van der Waals surface area contributed by atoms with Crippen molar-refractivity contribution in [1.29, 1.82) is 0 Å². The quantitative estimate of drug-likeness (QED) is 0.0146. The van der Waals surface area contributed by atoms with Gasteiger partial charge in [-0.2, -0.15) is 4.91 Å². The monoisotopic (exact) mass is 1510 g/mol. The first-order valence-corrected chi connectivity index (χ1v) is 36.1. The SMILES string of the molecule is O=NC[C@H]1O[C@@H](O[C@@H]2[C@@H](O)[C@H](NC(=O)[C@@H](O)CCNC(=O)OCc3ccccc3)C[C@H](NC(=O)OCc3ccccc3)[C@H]2O[C@H]2O[C@H](CO)CC[C@H]2NC(=O)OCc2ccccc2)[C@H](OCCNCCc2ccccc2)[C@@H]1O[C@H]1O[C@@H](CNC(=O)OCc2ccccc2)[C@@H](O)[C@H](O)[C@H]1NC(=O)OCc1ccccc1. The largest absolute Gasteiger partial charge is 0.445 e. The average Bonchev–Trinajstić information content (AvgIpc) is 1.76. The van der Waals surface area contributed by atoms with Gasteiger partial charge in [0.1, 0.15) is 107 Å². The summed E-state index contributed by atoms with van der Waals surface area (Å²) in [6.45, 7) is -2.45. The second kappa shape index (κ2) is 42.8. The van der Waals surface area contributed by atoms with Crippen molar-refractivity contribution in [3.63, 3.8) is 0 Å². The fourth-order valence-corrected chi connectivity index (χ4v) is 12.7. The number of ether oxygens (including phenoxy) is 12. The Morgan fingerprint density at radius 3 is 1.44 bits per heavy atom. The van der Waals surface area contributed by atoms with E-state index < -0.39 is 173 Å². The summed E-state index contributed by atoms with van der Waals surface area (Å²) in [5.41, 5.74) is 4.26. The predicted octanol–water partition coefficient (Wildman–Crippen LogP) is 4.53. The van der Waals surface area contributed by atoms with Gasteiger partial charge in [0, 0.05) is 19.6 Å². The second-order valence-electron chi connectivity index (χ2n) is 26.3. The Bertz CT molecular complexity index is 3740. The topological polar surface area (TPSA) is 428 Å². The van der Waals surface area contributed by atoms with Crippen LogP contribution in [0.15, 0.2) is 187 Å². The van der Waals surface area contributed by atoms with E-state index in [1.54, 1.807) is 152 Å². The van der Waals surface area contributed by atoms with Crippen LogP contribution in [0, 0.1) is 4.91 Å². The standard InChI is InChI=1S/C77H94N8O24/c86-42-54-31-32-55(83-75(94)101-45-51-25-13-4-14-26-51)70(104-54)107-65-57(84-76(95)102-46-52-27-15-5-16-28-52)39-56(82-69(91)58(87)34-36-79-73(92)99-43-49-21-9-2-10-22-49)62(88)67(65)109-72-68(98-38-37-78-35-33-48-19-7-1-8-20-48)66(60(106-72)41-81-97)108-71-61(85-77(96)103-47-53-29-17-6-18-30-53)64(90)63(89)59(105-71)40-80-74(93)100-44-50-23-11-3-12-24-50/h1-30,54-68,70-72,78,86-90H,31-47H2,(H,79,92)(H,80,93)(H,82,91)(H,83,94)(H,84,95)(H,85,96)/t54-,55+,56+,57-,58-,59-,60+,61+,62-,63+,64+,65+,66+,67+,68+,70+,71+,72-/m0/s1. The molecule has 18 atom stereocenters. The molecule has 1 saturated carbocycles. The van der Waals surface area contributed by atoms with Gasteiger partial charge >= 0.3 is 30.5 Å². The molecule has 32 heteroatoms. The zero-order chi connectivity index (χ0) is 76.7. The van der Waals surface area contributed by atoms with E-state index in [0.717, 1.165) is 5.56 Å². The Morgan fingerprint density at radius 1 is 0.450 bits per heavy atom. The Kier molecular flexibility index (Phi) is 32.1. The van der Waals surface area contributed by atoms with Gasteiger partial charge in [-0.1, -0.05) is 187 Å². The fourth-order valence-electron chi connectivity index (χ4n) is 12.7. The van der Waals surface area contributed by atoms with Crippen LogP contribution in [0.1, 0.15) is 59.1 Å². The van der Waals surface area contributed by atoms with Crippen LogP contribution in [0.4, 0.5) is 24.0 Å². The molecule has 3 saturated heterocycles. The molecule has 4 fully saturated rings. The van der Waals surface area contributed by atoms with Crippen molar-refractivity contribution < 1.29 is 111 Å². The number of aliphatic hydroxyl groups is 5.